The van der Waals surface area contributed by atoms with E-state index >= 15 is 0 Å². The lowest BCUT2D eigenvalue weighted by Crippen LogP contribution is -2.58. The van der Waals surface area contributed by atoms with E-state index in [4.69, 9.17) is 14.2 Å². The Labute approximate surface area is 115 Å². The minimum absolute atomic E-state index is 0.129. The predicted octanol–water partition coefficient (Wildman–Crippen LogP) is 1.26. The molecule has 1 aliphatic carbocycles. The molecule has 1 N–H and O–H groups in total. The van der Waals surface area contributed by atoms with Crippen molar-refractivity contribution in [2.24, 2.45) is 0 Å². The molecule has 0 spiro atoms. The van der Waals surface area contributed by atoms with Crippen LogP contribution in [0.1, 0.15) is 38.5 Å². The molecular formula is C14H25NO4. The molecule has 2 aliphatic rings. The van der Waals surface area contributed by atoms with Crippen LogP contribution in [0.15, 0.2) is 0 Å². The number of methoxy groups -OCH3 is 2. The highest BCUT2D eigenvalue weighted by molar-refractivity contribution is 5.81. The first-order valence-corrected chi connectivity index (χ1v) is 7.18. The van der Waals surface area contributed by atoms with E-state index in [0.717, 1.165) is 38.7 Å². The third-order valence-electron chi connectivity index (χ3n) is 4.31. The second-order valence-electron chi connectivity index (χ2n) is 5.54. The summed E-state index contributed by atoms with van der Waals surface area (Å²) >= 11 is 0. The van der Waals surface area contributed by atoms with Crippen LogP contribution in [0.2, 0.25) is 0 Å². The van der Waals surface area contributed by atoms with Crippen LogP contribution in [0.5, 0.6) is 0 Å². The van der Waals surface area contributed by atoms with Crippen LogP contribution in [0.4, 0.5) is 0 Å². The number of carbonyl (C=O) groups is 1. The average Bonchev–Trinajstić information content (AvgIpc) is 2.97. The summed E-state index contributed by atoms with van der Waals surface area (Å²) in [5.74, 6) is -0.174. The first-order chi connectivity index (χ1) is 9.20. The zero-order valence-corrected chi connectivity index (χ0v) is 11.9. The fourth-order valence-corrected chi connectivity index (χ4v) is 3.15. The second kappa shape index (κ2) is 6.68. The molecule has 110 valence electrons. The zero-order chi connectivity index (χ0) is 13.7. The molecule has 5 nitrogen and oxygen atoms in total. The SMILES string of the molecule is COC(=O)C1(NCC2CCCO2)CCCC(OC)C1. The van der Waals surface area contributed by atoms with Gasteiger partial charge >= 0.3 is 5.97 Å². The Morgan fingerprint density at radius 3 is 2.84 bits per heavy atom. The first kappa shape index (κ1) is 14.8. The molecule has 1 heterocycles. The van der Waals surface area contributed by atoms with Gasteiger partial charge in [-0.25, -0.2) is 0 Å². The van der Waals surface area contributed by atoms with Crippen molar-refractivity contribution in [1.82, 2.24) is 5.32 Å². The zero-order valence-electron chi connectivity index (χ0n) is 11.9. The molecular weight excluding hydrogens is 246 g/mol. The van der Waals surface area contributed by atoms with Crippen LogP contribution in [0.25, 0.3) is 0 Å². The molecule has 3 atom stereocenters. The quantitative estimate of drug-likeness (QED) is 0.763. The number of hydrogen-bond acceptors (Lipinski definition) is 5. The highest BCUT2D eigenvalue weighted by atomic mass is 16.5. The normalized spacial score (nSPS) is 35.3. The number of hydrogen-bond donors (Lipinski definition) is 1. The van der Waals surface area contributed by atoms with Gasteiger partial charge in [0.15, 0.2) is 0 Å². The summed E-state index contributed by atoms with van der Waals surface area (Å²) in [7, 11) is 3.16. The summed E-state index contributed by atoms with van der Waals surface area (Å²) in [4.78, 5) is 12.2. The number of ether oxygens (including phenoxy) is 3. The molecule has 1 aliphatic heterocycles. The number of nitrogens with one attached hydrogen (secondary N) is 1. The first-order valence-electron chi connectivity index (χ1n) is 7.18. The molecule has 0 aromatic heterocycles. The third-order valence-corrected chi connectivity index (χ3v) is 4.31. The van der Waals surface area contributed by atoms with E-state index in [-0.39, 0.29) is 18.2 Å². The van der Waals surface area contributed by atoms with Gasteiger partial charge in [-0.15, -0.1) is 0 Å². The van der Waals surface area contributed by atoms with E-state index in [9.17, 15) is 4.79 Å². The van der Waals surface area contributed by atoms with Gasteiger partial charge in [-0.3, -0.25) is 10.1 Å². The summed E-state index contributed by atoms with van der Waals surface area (Å²) in [5, 5.41) is 3.41. The summed E-state index contributed by atoms with van der Waals surface area (Å²) < 4.78 is 16.0. The van der Waals surface area contributed by atoms with Gasteiger partial charge in [0.05, 0.1) is 19.3 Å². The summed E-state index contributed by atoms with van der Waals surface area (Å²) in [6, 6.07) is 0. The van der Waals surface area contributed by atoms with E-state index in [1.54, 1.807) is 7.11 Å². The fourth-order valence-electron chi connectivity index (χ4n) is 3.15. The van der Waals surface area contributed by atoms with Gasteiger partial charge in [0.2, 0.25) is 0 Å². The van der Waals surface area contributed by atoms with E-state index in [0.29, 0.717) is 13.0 Å². The third kappa shape index (κ3) is 3.46. The van der Waals surface area contributed by atoms with Gasteiger partial charge in [0.25, 0.3) is 0 Å². The number of esters is 1. The van der Waals surface area contributed by atoms with Gasteiger partial charge in [0.1, 0.15) is 5.54 Å². The van der Waals surface area contributed by atoms with E-state index < -0.39 is 5.54 Å². The molecule has 2 fully saturated rings. The van der Waals surface area contributed by atoms with E-state index in [2.05, 4.69) is 5.32 Å². The van der Waals surface area contributed by atoms with Gasteiger partial charge in [-0.1, -0.05) is 0 Å². The molecule has 0 amide bonds. The van der Waals surface area contributed by atoms with Crippen molar-refractivity contribution in [1.29, 1.82) is 0 Å². The Morgan fingerprint density at radius 1 is 1.37 bits per heavy atom. The van der Waals surface area contributed by atoms with Crippen molar-refractivity contribution in [3.8, 4) is 0 Å². The van der Waals surface area contributed by atoms with Crippen molar-refractivity contribution in [3.05, 3.63) is 0 Å². The minimum Gasteiger partial charge on any atom is -0.468 e. The summed E-state index contributed by atoms with van der Waals surface area (Å²) in [6.07, 6.45) is 6.02. The van der Waals surface area contributed by atoms with Crippen LogP contribution in [0, 0.1) is 0 Å². The molecule has 5 heteroatoms. The van der Waals surface area contributed by atoms with Crippen LogP contribution in [-0.4, -0.2) is 51.1 Å². The van der Waals surface area contributed by atoms with Crippen molar-refractivity contribution < 1.29 is 19.0 Å². The Balaban J connectivity index is 1.99. The Kier molecular flexibility index (Phi) is 5.19. The highest BCUT2D eigenvalue weighted by Gasteiger charge is 2.44. The van der Waals surface area contributed by atoms with Gasteiger partial charge in [-0.2, -0.15) is 0 Å². The summed E-state index contributed by atoms with van der Waals surface area (Å²) in [6.45, 7) is 1.55. The van der Waals surface area contributed by atoms with Crippen molar-refractivity contribution >= 4 is 5.97 Å². The van der Waals surface area contributed by atoms with E-state index in [1.807, 2.05) is 0 Å². The molecule has 2 rings (SSSR count). The van der Waals surface area contributed by atoms with Gasteiger partial charge in [0, 0.05) is 26.7 Å². The van der Waals surface area contributed by atoms with Gasteiger partial charge < -0.3 is 14.2 Å². The minimum atomic E-state index is -0.598. The lowest BCUT2D eigenvalue weighted by molar-refractivity contribution is -0.152. The van der Waals surface area contributed by atoms with Crippen LogP contribution >= 0.6 is 0 Å². The second-order valence-corrected chi connectivity index (χ2v) is 5.54. The number of carbonyl (C=O) groups excluding carboxylic acids is 1. The summed E-state index contributed by atoms with van der Waals surface area (Å²) in [5.41, 5.74) is -0.598. The van der Waals surface area contributed by atoms with Crippen molar-refractivity contribution in [3.63, 3.8) is 0 Å². The maximum absolute atomic E-state index is 12.2. The van der Waals surface area contributed by atoms with Crippen molar-refractivity contribution in [2.75, 3.05) is 27.4 Å². The lowest BCUT2D eigenvalue weighted by Gasteiger charge is -2.39. The molecule has 3 unspecified atom stereocenters. The monoisotopic (exact) mass is 271 g/mol. The average molecular weight is 271 g/mol. The maximum atomic E-state index is 12.2. The molecule has 0 aromatic rings. The predicted molar refractivity (Wildman–Crippen MR) is 71.0 cm³/mol. The molecule has 0 aromatic carbocycles. The van der Waals surface area contributed by atoms with Crippen molar-refractivity contribution in [2.45, 2.75) is 56.3 Å². The fraction of sp³-hybridized carbons (Fsp3) is 0.929. The highest BCUT2D eigenvalue weighted by Crippen LogP contribution is 2.31. The smallest absolute Gasteiger partial charge is 0.326 e. The molecule has 1 saturated heterocycles. The lowest BCUT2D eigenvalue weighted by atomic mass is 9.79. The molecule has 19 heavy (non-hydrogen) atoms. The molecule has 0 radical (unpaired) electrons. The largest absolute Gasteiger partial charge is 0.468 e. The maximum Gasteiger partial charge on any atom is 0.326 e. The van der Waals surface area contributed by atoms with Gasteiger partial charge in [-0.05, 0) is 32.1 Å². The Hall–Kier alpha value is -0.650. The van der Waals surface area contributed by atoms with Crippen LogP contribution < -0.4 is 5.32 Å². The van der Waals surface area contributed by atoms with Crippen LogP contribution in [0.3, 0.4) is 0 Å². The standard InChI is InChI=1S/C14H25NO4/c1-17-11-5-3-7-14(9-11,13(16)18-2)15-10-12-6-4-8-19-12/h11-12,15H,3-10H2,1-2H3. The van der Waals surface area contributed by atoms with Crippen LogP contribution in [-0.2, 0) is 19.0 Å². The Morgan fingerprint density at radius 2 is 2.21 bits per heavy atom. The van der Waals surface area contributed by atoms with E-state index in [1.165, 1.54) is 7.11 Å². The molecule has 0 bridgehead atoms. The topological polar surface area (TPSA) is 56.8 Å². The number of rotatable bonds is 5. The Bertz CT molecular complexity index is 304. The molecule has 1 saturated carbocycles.